The maximum Gasteiger partial charge on any atom is 0.122 e. The minimum atomic E-state index is 0. The van der Waals surface area contributed by atoms with Crippen molar-refractivity contribution < 1.29 is 4.74 Å². The minimum Gasteiger partial charge on any atom is -0.492 e. The number of hydrogen-bond acceptors (Lipinski definition) is 2. The number of aryl methyl sites for hydroxylation is 1. The van der Waals surface area contributed by atoms with Crippen LogP contribution in [0.5, 0.6) is 5.75 Å². The van der Waals surface area contributed by atoms with Crippen LogP contribution in [0.15, 0.2) is 24.3 Å². The maximum atomic E-state index is 5.86. The molecule has 0 bridgehead atoms. The van der Waals surface area contributed by atoms with Crippen molar-refractivity contribution in [2.45, 2.75) is 32.7 Å². The van der Waals surface area contributed by atoms with Crippen LogP contribution in [-0.4, -0.2) is 12.6 Å². The number of ether oxygens (including phenoxy) is 1. The Hall–Kier alpha value is -0.730. The molecule has 1 atom stereocenters. The molecule has 0 radical (unpaired) electrons. The van der Waals surface area contributed by atoms with E-state index in [1.165, 1.54) is 0 Å². The van der Waals surface area contributed by atoms with Gasteiger partial charge in [-0.05, 0) is 25.0 Å². The second-order valence-corrected chi connectivity index (χ2v) is 3.63. The Bertz CT molecular complexity index is 278. The van der Waals surface area contributed by atoms with Crippen molar-refractivity contribution in [1.82, 2.24) is 0 Å². The van der Waals surface area contributed by atoms with Crippen molar-refractivity contribution in [2.24, 2.45) is 5.73 Å². The third-order valence-electron chi connectivity index (χ3n) is 2.21. The van der Waals surface area contributed by atoms with Gasteiger partial charge < -0.3 is 10.5 Å². The molecular weight excluding hydrogens is 210 g/mol. The molecule has 0 amide bonds. The third kappa shape index (κ3) is 5.05. The molecule has 0 aromatic heterocycles. The van der Waals surface area contributed by atoms with Crippen molar-refractivity contribution in [3.05, 3.63) is 29.8 Å². The highest BCUT2D eigenvalue weighted by molar-refractivity contribution is 5.85. The Kier molecular flexibility index (Phi) is 7.18. The van der Waals surface area contributed by atoms with Crippen LogP contribution in [0.4, 0.5) is 0 Å². The molecular formula is C12H20ClNO. The lowest BCUT2D eigenvalue weighted by Gasteiger charge is -2.13. The zero-order chi connectivity index (χ0) is 10.4. The summed E-state index contributed by atoms with van der Waals surface area (Å²) in [5.41, 5.74) is 7.02. The number of hydrogen-bond donors (Lipinski definition) is 1. The van der Waals surface area contributed by atoms with Crippen molar-refractivity contribution in [1.29, 1.82) is 0 Å². The Balaban J connectivity index is 0.00000196. The zero-order valence-corrected chi connectivity index (χ0v) is 10.2. The summed E-state index contributed by atoms with van der Waals surface area (Å²) in [5, 5.41) is 0. The summed E-state index contributed by atoms with van der Waals surface area (Å²) in [6, 6.07) is 8.16. The molecule has 0 aliphatic heterocycles. The number of rotatable bonds is 5. The molecule has 1 unspecified atom stereocenters. The molecule has 0 aliphatic rings. The molecule has 0 spiro atoms. The number of benzene rings is 1. The molecule has 0 aliphatic carbocycles. The van der Waals surface area contributed by atoms with E-state index in [4.69, 9.17) is 10.5 Å². The number of nitrogens with two attached hydrogens (primary N) is 1. The van der Waals surface area contributed by atoms with Crippen LogP contribution >= 0.6 is 12.4 Å². The van der Waals surface area contributed by atoms with Crippen LogP contribution in [0.3, 0.4) is 0 Å². The molecule has 0 fully saturated rings. The first-order valence-electron chi connectivity index (χ1n) is 5.18. The SMILES string of the molecule is CCCC(N)COc1ccccc1C.Cl. The highest BCUT2D eigenvalue weighted by Crippen LogP contribution is 2.16. The van der Waals surface area contributed by atoms with Crippen molar-refractivity contribution in [2.75, 3.05) is 6.61 Å². The molecule has 2 N–H and O–H groups in total. The molecule has 0 saturated heterocycles. The van der Waals surface area contributed by atoms with Gasteiger partial charge in [-0.2, -0.15) is 0 Å². The van der Waals surface area contributed by atoms with Gasteiger partial charge in [0.1, 0.15) is 12.4 Å². The molecule has 0 saturated carbocycles. The molecule has 1 aromatic rings. The maximum absolute atomic E-state index is 5.86. The van der Waals surface area contributed by atoms with Gasteiger partial charge in [0.25, 0.3) is 0 Å². The first kappa shape index (κ1) is 14.3. The van der Waals surface area contributed by atoms with E-state index >= 15 is 0 Å². The van der Waals surface area contributed by atoms with E-state index in [0.717, 1.165) is 24.2 Å². The fourth-order valence-electron chi connectivity index (χ4n) is 1.37. The molecule has 1 rings (SSSR count). The van der Waals surface area contributed by atoms with Gasteiger partial charge in [0.2, 0.25) is 0 Å². The molecule has 0 heterocycles. The van der Waals surface area contributed by atoms with Crippen LogP contribution in [0.2, 0.25) is 0 Å². The average Bonchev–Trinajstić information content (AvgIpc) is 2.17. The van der Waals surface area contributed by atoms with Crippen molar-refractivity contribution >= 4 is 12.4 Å². The van der Waals surface area contributed by atoms with E-state index in [1.54, 1.807) is 0 Å². The Labute approximate surface area is 98.2 Å². The fourth-order valence-corrected chi connectivity index (χ4v) is 1.37. The summed E-state index contributed by atoms with van der Waals surface area (Å²) >= 11 is 0. The minimum absolute atomic E-state index is 0. The van der Waals surface area contributed by atoms with Gasteiger partial charge in [-0.15, -0.1) is 12.4 Å². The normalized spacial score (nSPS) is 11.7. The molecule has 2 nitrogen and oxygen atoms in total. The Morgan fingerprint density at radius 3 is 2.60 bits per heavy atom. The zero-order valence-electron chi connectivity index (χ0n) is 9.40. The lowest BCUT2D eigenvalue weighted by molar-refractivity contribution is 0.280. The van der Waals surface area contributed by atoms with Gasteiger partial charge in [0.15, 0.2) is 0 Å². The molecule has 3 heteroatoms. The predicted molar refractivity (Wildman–Crippen MR) is 66.8 cm³/mol. The summed E-state index contributed by atoms with van der Waals surface area (Å²) in [4.78, 5) is 0. The van der Waals surface area contributed by atoms with Gasteiger partial charge in [0.05, 0.1) is 0 Å². The molecule has 15 heavy (non-hydrogen) atoms. The van der Waals surface area contributed by atoms with Crippen LogP contribution in [0, 0.1) is 6.92 Å². The summed E-state index contributed by atoms with van der Waals surface area (Å²) in [7, 11) is 0. The molecule has 86 valence electrons. The van der Waals surface area contributed by atoms with Gasteiger partial charge in [-0.3, -0.25) is 0 Å². The number of halogens is 1. The summed E-state index contributed by atoms with van der Waals surface area (Å²) < 4.78 is 5.63. The van der Waals surface area contributed by atoms with Crippen LogP contribution in [0.25, 0.3) is 0 Å². The van der Waals surface area contributed by atoms with E-state index in [9.17, 15) is 0 Å². The van der Waals surface area contributed by atoms with Crippen LogP contribution in [0.1, 0.15) is 25.3 Å². The molecule has 1 aromatic carbocycles. The Morgan fingerprint density at radius 2 is 2.00 bits per heavy atom. The first-order valence-corrected chi connectivity index (χ1v) is 5.18. The fraction of sp³-hybridized carbons (Fsp3) is 0.500. The standard InChI is InChI=1S/C12H19NO.ClH/c1-3-6-11(13)9-14-12-8-5-4-7-10(12)2;/h4-5,7-8,11H,3,6,9,13H2,1-2H3;1H. The van der Waals surface area contributed by atoms with Gasteiger partial charge in [-0.1, -0.05) is 31.5 Å². The largest absolute Gasteiger partial charge is 0.492 e. The van der Waals surface area contributed by atoms with Crippen molar-refractivity contribution in [3.8, 4) is 5.75 Å². The second kappa shape index (κ2) is 7.55. The predicted octanol–water partition coefficient (Wildman–Crippen LogP) is 2.92. The van der Waals surface area contributed by atoms with E-state index in [0.29, 0.717) is 6.61 Å². The van der Waals surface area contributed by atoms with E-state index in [2.05, 4.69) is 6.92 Å². The summed E-state index contributed by atoms with van der Waals surface area (Å²) in [6.07, 6.45) is 2.13. The van der Waals surface area contributed by atoms with Gasteiger partial charge in [-0.25, -0.2) is 0 Å². The topological polar surface area (TPSA) is 35.2 Å². The smallest absolute Gasteiger partial charge is 0.122 e. The highest BCUT2D eigenvalue weighted by Gasteiger charge is 2.03. The van der Waals surface area contributed by atoms with Gasteiger partial charge >= 0.3 is 0 Å². The highest BCUT2D eigenvalue weighted by atomic mass is 35.5. The second-order valence-electron chi connectivity index (χ2n) is 3.63. The lowest BCUT2D eigenvalue weighted by Crippen LogP contribution is -2.27. The van der Waals surface area contributed by atoms with Crippen LogP contribution < -0.4 is 10.5 Å². The van der Waals surface area contributed by atoms with E-state index in [1.807, 2.05) is 31.2 Å². The first-order chi connectivity index (χ1) is 6.74. The van der Waals surface area contributed by atoms with E-state index < -0.39 is 0 Å². The van der Waals surface area contributed by atoms with Crippen LogP contribution in [-0.2, 0) is 0 Å². The van der Waals surface area contributed by atoms with Gasteiger partial charge in [0, 0.05) is 6.04 Å². The Morgan fingerprint density at radius 1 is 1.33 bits per heavy atom. The third-order valence-corrected chi connectivity index (χ3v) is 2.21. The summed E-state index contributed by atoms with van der Waals surface area (Å²) in [5.74, 6) is 0.944. The summed E-state index contributed by atoms with van der Waals surface area (Å²) in [6.45, 7) is 4.78. The van der Waals surface area contributed by atoms with E-state index in [-0.39, 0.29) is 18.4 Å². The average molecular weight is 230 g/mol. The monoisotopic (exact) mass is 229 g/mol. The lowest BCUT2D eigenvalue weighted by atomic mass is 10.2. The number of para-hydroxylation sites is 1. The van der Waals surface area contributed by atoms with Crippen molar-refractivity contribution in [3.63, 3.8) is 0 Å². The quantitative estimate of drug-likeness (QED) is 0.843.